The normalized spacial score (nSPS) is 11.7. The third-order valence-electron chi connectivity index (χ3n) is 2.35. The quantitative estimate of drug-likeness (QED) is 0.591. The Balaban J connectivity index is 3.09. The average molecular weight is 211 g/mol. The van der Waals surface area contributed by atoms with Crippen LogP contribution >= 0.6 is 0 Å². The van der Waals surface area contributed by atoms with Crippen LogP contribution in [0.1, 0.15) is 51.4 Å². The molecule has 0 bridgehead atoms. The van der Waals surface area contributed by atoms with Crippen LogP contribution in [0, 0.1) is 26.2 Å². The second-order valence-electron chi connectivity index (χ2n) is 4.52. The second kappa shape index (κ2) is 7.72. The summed E-state index contributed by atoms with van der Waals surface area (Å²) in [5, 5.41) is 8.42. The molecule has 0 saturated heterocycles. The summed E-state index contributed by atoms with van der Waals surface area (Å²) in [6.07, 6.45) is 7.70. The van der Waals surface area contributed by atoms with E-state index in [4.69, 9.17) is 5.11 Å². The number of carbonyl (C=O) groups is 1. The van der Waals surface area contributed by atoms with Gasteiger partial charge in [-0.05, 0) is 39.0 Å². The lowest BCUT2D eigenvalue weighted by Gasteiger charge is -2.16. The Morgan fingerprint density at radius 1 is 0.933 bits per heavy atom. The molecule has 0 aliphatic rings. The maximum atomic E-state index is 10.2. The van der Waals surface area contributed by atoms with E-state index in [1.54, 1.807) is 0 Å². The van der Waals surface area contributed by atoms with Gasteiger partial charge in [0.2, 0.25) is 0 Å². The molecule has 0 rings (SSSR count). The van der Waals surface area contributed by atoms with Crippen LogP contribution in [0.4, 0.5) is 0 Å². The van der Waals surface area contributed by atoms with Crippen molar-refractivity contribution in [3.05, 3.63) is 20.8 Å². The van der Waals surface area contributed by atoms with Gasteiger partial charge in [-0.2, -0.15) is 0 Å². The van der Waals surface area contributed by atoms with E-state index in [2.05, 4.69) is 20.8 Å². The van der Waals surface area contributed by atoms with Crippen molar-refractivity contribution in [2.75, 3.05) is 0 Å². The zero-order valence-electron chi connectivity index (χ0n) is 9.63. The van der Waals surface area contributed by atoms with Gasteiger partial charge in [0.15, 0.2) is 0 Å². The monoisotopic (exact) mass is 211 g/mol. The van der Waals surface area contributed by atoms with Crippen molar-refractivity contribution in [1.82, 2.24) is 0 Å². The Morgan fingerprint density at radius 2 is 1.40 bits per heavy atom. The number of unbranched alkanes of at least 4 members (excludes halogenated alkanes) is 5. The highest BCUT2D eigenvalue weighted by Crippen LogP contribution is 2.21. The second-order valence-corrected chi connectivity index (χ2v) is 4.52. The highest BCUT2D eigenvalue weighted by atomic mass is 16.4. The van der Waals surface area contributed by atoms with Gasteiger partial charge in [0.25, 0.3) is 0 Å². The first kappa shape index (κ1) is 14.5. The van der Waals surface area contributed by atoms with Crippen LogP contribution < -0.4 is 0 Å². The molecule has 0 atom stereocenters. The largest absolute Gasteiger partial charge is 0.481 e. The molecule has 0 aliphatic carbocycles. The molecule has 0 heterocycles. The van der Waals surface area contributed by atoms with Crippen molar-refractivity contribution in [1.29, 1.82) is 0 Å². The summed E-state index contributed by atoms with van der Waals surface area (Å²) < 4.78 is 0. The number of hydrogen-bond acceptors (Lipinski definition) is 1. The molecule has 0 aromatic rings. The topological polar surface area (TPSA) is 37.3 Å². The lowest BCUT2D eigenvalue weighted by molar-refractivity contribution is -0.137. The minimum atomic E-state index is -0.689. The minimum Gasteiger partial charge on any atom is -0.481 e. The Bertz CT molecular complexity index is 168. The molecule has 0 amide bonds. The predicted octanol–water partition coefficient (Wildman–Crippen LogP) is 3.68. The predicted molar refractivity (Wildman–Crippen MR) is 63.1 cm³/mol. The summed E-state index contributed by atoms with van der Waals surface area (Å²) in [6.45, 7) is 11.5. The van der Waals surface area contributed by atoms with Crippen LogP contribution in [-0.2, 0) is 4.79 Å². The summed E-state index contributed by atoms with van der Waals surface area (Å²) in [4.78, 5) is 10.2. The SMILES string of the molecule is [CH2]C([CH2])([CH2])CCCCCCCCC(=O)O. The van der Waals surface area contributed by atoms with Crippen LogP contribution in [0.15, 0.2) is 0 Å². The number of aliphatic carboxylic acids is 1. The molecule has 0 fully saturated rings. The number of hydrogen-bond donors (Lipinski definition) is 1. The van der Waals surface area contributed by atoms with Gasteiger partial charge in [-0.1, -0.05) is 32.1 Å². The van der Waals surface area contributed by atoms with Crippen LogP contribution in [0.5, 0.6) is 0 Å². The molecule has 1 N–H and O–H groups in total. The molecule has 15 heavy (non-hydrogen) atoms. The van der Waals surface area contributed by atoms with Crippen molar-refractivity contribution < 1.29 is 9.90 Å². The number of rotatable bonds is 9. The Kier molecular flexibility index (Phi) is 7.45. The van der Waals surface area contributed by atoms with Crippen molar-refractivity contribution in [3.63, 3.8) is 0 Å². The summed E-state index contributed by atoms with van der Waals surface area (Å²) in [6, 6.07) is 0. The maximum Gasteiger partial charge on any atom is 0.303 e. The summed E-state index contributed by atoms with van der Waals surface area (Å²) >= 11 is 0. The number of carboxylic acids is 1. The van der Waals surface area contributed by atoms with Crippen molar-refractivity contribution >= 4 is 5.97 Å². The van der Waals surface area contributed by atoms with Crippen molar-refractivity contribution in [3.8, 4) is 0 Å². The zero-order valence-corrected chi connectivity index (χ0v) is 9.63. The fourth-order valence-corrected chi connectivity index (χ4v) is 1.48. The van der Waals surface area contributed by atoms with Gasteiger partial charge in [0, 0.05) is 6.42 Å². The summed E-state index contributed by atoms with van der Waals surface area (Å²) in [7, 11) is 0. The van der Waals surface area contributed by atoms with Crippen LogP contribution in [0.2, 0.25) is 0 Å². The maximum absolute atomic E-state index is 10.2. The third-order valence-corrected chi connectivity index (χ3v) is 2.35. The van der Waals surface area contributed by atoms with Crippen molar-refractivity contribution in [2.45, 2.75) is 51.4 Å². The molecule has 3 radical (unpaired) electrons. The average Bonchev–Trinajstić information content (AvgIpc) is 2.07. The Morgan fingerprint density at radius 3 is 1.87 bits per heavy atom. The lowest BCUT2D eigenvalue weighted by Crippen LogP contribution is -2.05. The molecule has 2 heteroatoms. The van der Waals surface area contributed by atoms with Gasteiger partial charge in [-0.3, -0.25) is 4.79 Å². The van der Waals surface area contributed by atoms with E-state index in [1.807, 2.05) is 0 Å². The summed E-state index contributed by atoms with van der Waals surface area (Å²) in [5.41, 5.74) is -0.288. The first-order chi connectivity index (χ1) is 6.92. The molecule has 87 valence electrons. The highest BCUT2D eigenvalue weighted by molar-refractivity contribution is 5.66. The van der Waals surface area contributed by atoms with Crippen LogP contribution in [0.25, 0.3) is 0 Å². The van der Waals surface area contributed by atoms with Gasteiger partial charge in [-0.25, -0.2) is 0 Å². The van der Waals surface area contributed by atoms with E-state index >= 15 is 0 Å². The van der Waals surface area contributed by atoms with Gasteiger partial charge in [0.05, 0.1) is 0 Å². The fraction of sp³-hybridized carbons (Fsp3) is 0.692. The van der Waals surface area contributed by atoms with Gasteiger partial charge >= 0.3 is 5.97 Å². The molecule has 0 saturated carbocycles. The lowest BCUT2D eigenvalue weighted by atomic mass is 9.89. The van der Waals surface area contributed by atoms with E-state index in [1.165, 1.54) is 12.8 Å². The van der Waals surface area contributed by atoms with Crippen LogP contribution in [0.3, 0.4) is 0 Å². The Hall–Kier alpha value is -0.530. The zero-order chi connectivity index (χ0) is 11.7. The van der Waals surface area contributed by atoms with E-state index in [0.717, 1.165) is 32.1 Å². The van der Waals surface area contributed by atoms with E-state index in [9.17, 15) is 4.79 Å². The molecule has 0 spiro atoms. The molecule has 0 aromatic heterocycles. The highest BCUT2D eigenvalue weighted by Gasteiger charge is 2.09. The smallest absolute Gasteiger partial charge is 0.303 e. The minimum absolute atomic E-state index is 0.288. The molecule has 0 aliphatic heterocycles. The fourth-order valence-electron chi connectivity index (χ4n) is 1.48. The number of carboxylic acid groups (broad SMARTS) is 1. The van der Waals surface area contributed by atoms with Gasteiger partial charge in [0.1, 0.15) is 0 Å². The van der Waals surface area contributed by atoms with Gasteiger partial charge < -0.3 is 5.11 Å². The molecular weight excluding hydrogens is 188 g/mol. The van der Waals surface area contributed by atoms with Crippen molar-refractivity contribution in [2.24, 2.45) is 5.41 Å². The van der Waals surface area contributed by atoms with E-state index in [0.29, 0.717) is 6.42 Å². The standard InChI is InChI=1S/C13H23O2/c1-13(2,3)11-9-7-5-4-6-8-10-12(14)15/h1-11H2,(H,14,15). The molecule has 0 unspecified atom stereocenters. The van der Waals surface area contributed by atoms with E-state index in [-0.39, 0.29) is 5.41 Å². The van der Waals surface area contributed by atoms with E-state index < -0.39 is 5.97 Å². The molecule has 2 nitrogen and oxygen atoms in total. The van der Waals surface area contributed by atoms with Gasteiger partial charge in [-0.15, -0.1) is 0 Å². The molecular formula is C13H23O2. The van der Waals surface area contributed by atoms with Crippen LogP contribution in [-0.4, -0.2) is 11.1 Å². The third kappa shape index (κ3) is 13.5. The first-order valence-corrected chi connectivity index (χ1v) is 5.70. The summed E-state index contributed by atoms with van der Waals surface area (Å²) in [5.74, 6) is -0.689. The first-order valence-electron chi connectivity index (χ1n) is 5.70. The Labute approximate surface area is 94.1 Å². The molecule has 0 aromatic carbocycles.